The fourth-order valence-corrected chi connectivity index (χ4v) is 10.7. The highest BCUT2D eigenvalue weighted by atomic mass is 16.5. The van der Waals surface area contributed by atoms with Crippen molar-refractivity contribution >= 4 is 60.3 Å². The fourth-order valence-electron chi connectivity index (χ4n) is 10.7. The van der Waals surface area contributed by atoms with Crippen molar-refractivity contribution in [3.05, 3.63) is 237 Å². The van der Waals surface area contributed by atoms with Crippen molar-refractivity contribution in [2.45, 2.75) is 19.3 Å². The first-order chi connectivity index (χ1) is 39.9. The number of para-hydroxylation sites is 6. The Balaban J connectivity index is 0.986. The standard InChI is InChI=1S/C65H48N6O/c1-4-20-45(21-5-1)50-29-19-30-51(46-22-6-2-7-23-46)65(50)69-44-68(59-34-14-15-35-60(59)69)48-24-18-25-49(40-48)72-63-43-61-55(42-62(63)70-56-31-11-8-26-52(56)53-27-9-12-32-57(53)70)54-28-10-13-33-58(54)71(61)64-41-47(36-37-66-64)67-38-16-3-17-39-67/h1-2,4-15,18-37,40-43H,3,16-17,38-39H2/i1D,2D,4D,5D,6D,7D,20D,21D,22D,23D. The predicted molar refractivity (Wildman–Crippen MR) is 294 cm³/mol. The predicted octanol–water partition coefficient (Wildman–Crippen LogP) is 15.4. The number of fused-ring (bicyclic) bond motifs is 7. The van der Waals surface area contributed by atoms with Gasteiger partial charge in [0.2, 0.25) is 0 Å². The zero-order valence-electron chi connectivity index (χ0n) is 48.8. The molecule has 72 heavy (non-hydrogen) atoms. The molecule has 0 aliphatic carbocycles. The lowest BCUT2D eigenvalue weighted by Gasteiger charge is -2.29. The largest absolute Gasteiger partial charge is 0.456 e. The third kappa shape index (κ3) is 6.96. The first-order valence-corrected chi connectivity index (χ1v) is 24.2. The summed E-state index contributed by atoms with van der Waals surface area (Å²) in [6.45, 7) is 1.98. The number of anilines is 1. The number of nitrogens with zero attached hydrogens (tertiary/aromatic N) is 6. The highest BCUT2D eigenvalue weighted by Crippen LogP contribution is 2.43. The highest BCUT2D eigenvalue weighted by molar-refractivity contribution is 6.13. The molecule has 0 radical (unpaired) electrons. The first kappa shape index (κ1) is 32.6. The minimum Gasteiger partial charge on any atom is -0.456 e. The van der Waals surface area contributed by atoms with Gasteiger partial charge in [0.05, 0.1) is 63.9 Å². The SMILES string of the molecule is [2H]c1c([2H])c([2H])c(-c2cccc(-c3c([2H])c([2H])c([2H])c([2H])c3[2H])c2-[n+]2[c-]n(-c3cccc(Oc4cc5c(cc4-n4c6ccccc6c6ccccc64)c4ccccc4n5-c4cc(N5CCCCC5)ccn4)c3)c3ccccc32)c([2H])c1[2H]. The normalized spacial score (nSPS) is 14.9. The lowest BCUT2D eigenvalue weighted by Crippen LogP contribution is -2.31. The summed E-state index contributed by atoms with van der Waals surface area (Å²) >= 11 is 0. The molecule has 0 unspecified atom stereocenters. The summed E-state index contributed by atoms with van der Waals surface area (Å²) in [5, 5.41) is 4.27. The van der Waals surface area contributed by atoms with Crippen LogP contribution in [0.4, 0.5) is 5.69 Å². The minimum absolute atomic E-state index is 0.135. The number of piperidine rings is 1. The summed E-state index contributed by atoms with van der Waals surface area (Å²) in [4.78, 5) is 7.46. The second-order valence-electron chi connectivity index (χ2n) is 18.0. The van der Waals surface area contributed by atoms with Crippen LogP contribution in [-0.2, 0) is 0 Å². The van der Waals surface area contributed by atoms with Gasteiger partial charge in [0.1, 0.15) is 11.6 Å². The van der Waals surface area contributed by atoms with Gasteiger partial charge in [0.15, 0.2) is 5.75 Å². The van der Waals surface area contributed by atoms with E-state index >= 15 is 0 Å². The lowest BCUT2D eigenvalue weighted by atomic mass is 9.95. The Labute approximate surface area is 431 Å². The van der Waals surface area contributed by atoms with Crippen molar-refractivity contribution in [3.8, 4) is 56.6 Å². The van der Waals surface area contributed by atoms with Gasteiger partial charge >= 0.3 is 0 Å². The number of ether oxygens (including phenoxy) is 1. The van der Waals surface area contributed by atoms with Crippen LogP contribution in [0, 0.1) is 6.33 Å². The molecule has 0 spiro atoms. The zero-order chi connectivity index (χ0) is 56.2. The molecule has 0 N–H and O–H groups in total. The van der Waals surface area contributed by atoms with Gasteiger partial charge in [-0.05, 0) is 90.0 Å². The fraction of sp³-hybridized carbons (Fsp3) is 0.0769. The Hall–Kier alpha value is -9.20. The quantitative estimate of drug-likeness (QED) is 0.107. The molecule has 1 aliphatic heterocycles. The van der Waals surface area contributed by atoms with Gasteiger partial charge in [0.25, 0.3) is 6.33 Å². The molecule has 1 fully saturated rings. The van der Waals surface area contributed by atoms with E-state index in [-0.39, 0.29) is 27.9 Å². The molecular weight excluding hydrogens is 881 g/mol. The van der Waals surface area contributed by atoms with E-state index in [4.69, 9.17) is 23.4 Å². The summed E-state index contributed by atoms with van der Waals surface area (Å²) in [6, 6.07) is 48.4. The number of imidazole rings is 1. The molecule has 14 rings (SSSR count). The smallest absolute Gasteiger partial charge is 0.269 e. The van der Waals surface area contributed by atoms with Crippen molar-refractivity contribution < 1.29 is 23.0 Å². The number of pyridine rings is 1. The van der Waals surface area contributed by atoms with Crippen molar-refractivity contribution in [1.82, 2.24) is 18.7 Å². The first-order valence-electron chi connectivity index (χ1n) is 29.2. The number of hydrogen-bond donors (Lipinski definition) is 0. The van der Waals surface area contributed by atoms with Crippen LogP contribution in [0.1, 0.15) is 33.0 Å². The van der Waals surface area contributed by atoms with Gasteiger partial charge in [-0.2, -0.15) is 0 Å². The van der Waals surface area contributed by atoms with Crippen LogP contribution in [0.3, 0.4) is 0 Å². The van der Waals surface area contributed by atoms with E-state index in [1.807, 2.05) is 71.4 Å². The van der Waals surface area contributed by atoms with Crippen molar-refractivity contribution in [1.29, 1.82) is 0 Å². The Morgan fingerprint density at radius 3 is 1.78 bits per heavy atom. The van der Waals surface area contributed by atoms with Gasteiger partial charge < -0.3 is 14.2 Å². The average Bonchev–Trinajstić information content (AvgIpc) is 3.01. The van der Waals surface area contributed by atoms with Gasteiger partial charge in [-0.25, -0.2) is 4.98 Å². The molecule has 0 atom stereocenters. The number of hydrogen-bond acceptors (Lipinski definition) is 3. The van der Waals surface area contributed by atoms with Crippen LogP contribution in [0.5, 0.6) is 11.5 Å². The molecule has 4 aromatic heterocycles. The van der Waals surface area contributed by atoms with Crippen molar-refractivity contribution in [2.24, 2.45) is 0 Å². The molecule has 13 aromatic rings. The van der Waals surface area contributed by atoms with E-state index in [1.54, 1.807) is 22.8 Å². The number of rotatable bonds is 9. The molecular formula is C65H48N6O. The van der Waals surface area contributed by atoms with Crippen LogP contribution in [0.2, 0.25) is 0 Å². The van der Waals surface area contributed by atoms with Gasteiger partial charge in [-0.1, -0.05) is 164 Å². The number of aromatic nitrogens is 5. The number of benzene rings is 9. The molecule has 0 saturated carbocycles. The molecule has 0 bridgehead atoms. The summed E-state index contributed by atoms with van der Waals surface area (Å²) in [6.07, 6.45) is 8.92. The van der Waals surface area contributed by atoms with E-state index in [0.29, 0.717) is 28.2 Å². The van der Waals surface area contributed by atoms with Crippen molar-refractivity contribution in [3.63, 3.8) is 0 Å². The van der Waals surface area contributed by atoms with Crippen LogP contribution in [-0.4, -0.2) is 31.8 Å². The molecule has 1 aliphatic rings. The molecule has 0 amide bonds. The van der Waals surface area contributed by atoms with E-state index in [2.05, 4.69) is 105 Å². The van der Waals surface area contributed by atoms with Gasteiger partial charge in [-0.15, -0.1) is 0 Å². The van der Waals surface area contributed by atoms with E-state index in [1.165, 1.54) is 6.42 Å². The lowest BCUT2D eigenvalue weighted by molar-refractivity contribution is -0.571. The maximum absolute atomic E-state index is 9.14. The molecule has 9 aromatic carbocycles. The topological polar surface area (TPSA) is 44.0 Å². The molecule has 7 heteroatoms. The molecule has 7 nitrogen and oxygen atoms in total. The van der Waals surface area contributed by atoms with Gasteiger partial charge in [-0.3, -0.25) is 13.7 Å². The van der Waals surface area contributed by atoms with Crippen LogP contribution < -0.4 is 14.2 Å². The van der Waals surface area contributed by atoms with E-state index < -0.39 is 60.4 Å². The van der Waals surface area contributed by atoms with Gasteiger partial charge in [0, 0.05) is 58.7 Å². The summed E-state index contributed by atoms with van der Waals surface area (Å²) < 4.78 is 103. The maximum atomic E-state index is 9.14. The maximum Gasteiger partial charge on any atom is 0.269 e. The minimum atomic E-state index is -0.570. The Morgan fingerprint density at radius 2 is 1.10 bits per heavy atom. The second kappa shape index (κ2) is 17.3. The van der Waals surface area contributed by atoms with Crippen molar-refractivity contribution in [2.75, 3.05) is 18.0 Å². The average molecular weight is 939 g/mol. The molecule has 5 heterocycles. The van der Waals surface area contributed by atoms with E-state index in [0.717, 1.165) is 86.7 Å². The third-order valence-corrected chi connectivity index (χ3v) is 13.9. The summed E-state index contributed by atoms with van der Waals surface area (Å²) in [5.74, 6) is 1.85. The van der Waals surface area contributed by atoms with Crippen LogP contribution >= 0.6 is 0 Å². The summed E-state index contributed by atoms with van der Waals surface area (Å²) in [5.41, 5.74) is 7.87. The molecule has 344 valence electrons. The third-order valence-electron chi connectivity index (χ3n) is 13.9. The Bertz CT molecular complexity index is 4610. The zero-order valence-corrected chi connectivity index (χ0v) is 38.8. The van der Waals surface area contributed by atoms with E-state index in [9.17, 15) is 0 Å². The Morgan fingerprint density at radius 1 is 0.500 bits per heavy atom. The summed E-state index contributed by atoms with van der Waals surface area (Å²) in [7, 11) is 0. The second-order valence-corrected chi connectivity index (χ2v) is 18.0. The Kier molecular flexibility index (Phi) is 7.84. The monoisotopic (exact) mass is 938 g/mol. The van der Waals surface area contributed by atoms with Crippen LogP contribution in [0.25, 0.3) is 99.8 Å². The highest BCUT2D eigenvalue weighted by Gasteiger charge is 2.24. The molecule has 1 saturated heterocycles. The van der Waals surface area contributed by atoms with Crippen LogP contribution in [0.15, 0.2) is 230 Å².